The Morgan fingerprint density at radius 2 is 2.04 bits per heavy atom. The number of benzene rings is 1. The lowest BCUT2D eigenvalue weighted by molar-refractivity contribution is -0.385. The van der Waals surface area contributed by atoms with Gasteiger partial charge in [-0.25, -0.2) is 9.78 Å². The fraction of sp³-hybridized carbons (Fsp3) is 0.235. The molecule has 7 heteroatoms. The van der Waals surface area contributed by atoms with E-state index in [4.69, 9.17) is 10.00 Å². The Balaban J connectivity index is 2.20. The highest BCUT2D eigenvalue weighted by molar-refractivity contribution is 5.87. The average molecular weight is 325 g/mol. The quantitative estimate of drug-likeness (QED) is 0.484. The third-order valence-corrected chi connectivity index (χ3v) is 3.60. The molecule has 2 aromatic rings. The summed E-state index contributed by atoms with van der Waals surface area (Å²) in [6.07, 6.45) is -0.672. The minimum absolute atomic E-state index is 0.0252. The van der Waals surface area contributed by atoms with Crippen molar-refractivity contribution in [2.24, 2.45) is 0 Å². The van der Waals surface area contributed by atoms with Gasteiger partial charge in [-0.05, 0) is 38.5 Å². The van der Waals surface area contributed by atoms with E-state index in [-0.39, 0.29) is 11.4 Å². The molecule has 0 saturated carbocycles. The number of esters is 1. The number of aryl methyl sites for hydroxylation is 2. The average Bonchev–Trinajstić information content (AvgIpc) is 2.54. The first-order valence-corrected chi connectivity index (χ1v) is 7.17. The Bertz CT molecular complexity index is 855. The van der Waals surface area contributed by atoms with Gasteiger partial charge in [0.1, 0.15) is 17.9 Å². The summed E-state index contributed by atoms with van der Waals surface area (Å²) in [5.74, 6) is -0.654. The molecule has 0 saturated heterocycles. The molecule has 0 fully saturated rings. The van der Waals surface area contributed by atoms with Crippen molar-refractivity contribution in [2.75, 3.05) is 0 Å². The fourth-order valence-electron chi connectivity index (χ4n) is 2.16. The van der Waals surface area contributed by atoms with E-state index in [0.29, 0.717) is 22.4 Å². The van der Waals surface area contributed by atoms with Crippen LogP contribution in [0.1, 0.15) is 45.9 Å². The van der Waals surface area contributed by atoms with Gasteiger partial charge in [0.05, 0.1) is 16.2 Å². The van der Waals surface area contributed by atoms with Gasteiger partial charge in [-0.15, -0.1) is 0 Å². The molecule has 0 bridgehead atoms. The largest absolute Gasteiger partial charge is 0.453 e. The predicted molar refractivity (Wildman–Crippen MR) is 85.4 cm³/mol. The summed E-state index contributed by atoms with van der Waals surface area (Å²) < 4.78 is 5.32. The van der Waals surface area contributed by atoms with Gasteiger partial charge >= 0.3 is 5.97 Å². The van der Waals surface area contributed by atoms with Crippen molar-refractivity contribution in [2.45, 2.75) is 26.9 Å². The number of carbonyl (C=O) groups is 1. The highest BCUT2D eigenvalue weighted by atomic mass is 16.6. The number of pyridine rings is 1. The third kappa shape index (κ3) is 3.55. The van der Waals surface area contributed by atoms with E-state index in [9.17, 15) is 14.9 Å². The standard InChI is InChI=1S/C17H15N3O4/c1-10-4-5-13(8-16(10)20(22)23)12(3)24-17(21)15-7-6-14(9-18)11(2)19-15/h4-8,12H,1-3H3. The summed E-state index contributed by atoms with van der Waals surface area (Å²) in [5.41, 5.74) is 1.93. The first-order valence-electron chi connectivity index (χ1n) is 7.17. The van der Waals surface area contributed by atoms with Crippen LogP contribution in [0.2, 0.25) is 0 Å². The lowest BCUT2D eigenvalue weighted by atomic mass is 10.1. The normalized spacial score (nSPS) is 11.4. The summed E-state index contributed by atoms with van der Waals surface area (Å²) >= 11 is 0. The molecule has 7 nitrogen and oxygen atoms in total. The summed E-state index contributed by atoms with van der Waals surface area (Å²) in [6, 6.07) is 9.57. The van der Waals surface area contributed by atoms with Gasteiger partial charge in [0.15, 0.2) is 0 Å². The second-order valence-corrected chi connectivity index (χ2v) is 5.29. The van der Waals surface area contributed by atoms with E-state index in [1.165, 1.54) is 18.2 Å². The van der Waals surface area contributed by atoms with E-state index in [2.05, 4.69) is 4.98 Å². The van der Waals surface area contributed by atoms with E-state index < -0.39 is 17.0 Å². The van der Waals surface area contributed by atoms with Crippen LogP contribution in [0.5, 0.6) is 0 Å². The van der Waals surface area contributed by atoms with Crippen LogP contribution in [-0.4, -0.2) is 15.9 Å². The molecule has 122 valence electrons. The van der Waals surface area contributed by atoms with Crippen molar-refractivity contribution < 1.29 is 14.5 Å². The molecule has 0 aliphatic rings. The summed E-state index contributed by atoms with van der Waals surface area (Å²) in [7, 11) is 0. The Morgan fingerprint density at radius 3 is 2.62 bits per heavy atom. The molecule has 0 aliphatic carbocycles. The molecule has 1 heterocycles. The zero-order chi connectivity index (χ0) is 17.9. The van der Waals surface area contributed by atoms with Crippen LogP contribution in [0.15, 0.2) is 30.3 Å². The Morgan fingerprint density at radius 1 is 1.33 bits per heavy atom. The van der Waals surface area contributed by atoms with E-state index in [1.54, 1.807) is 32.9 Å². The maximum atomic E-state index is 12.2. The Kier molecular flexibility index (Phi) is 4.90. The zero-order valence-corrected chi connectivity index (χ0v) is 13.4. The molecule has 2 rings (SSSR count). The highest BCUT2D eigenvalue weighted by Gasteiger charge is 2.19. The molecule has 24 heavy (non-hydrogen) atoms. The van der Waals surface area contributed by atoms with Gasteiger partial charge in [-0.2, -0.15) is 5.26 Å². The highest BCUT2D eigenvalue weighted by Crippen LogP contribution is 2.25. The molecule has 1 unspecified atom stereocenters. The molecule has 0 amide bonds. The van der Waals surface area contributed by atoms with E-state index in [1.807, 2.05) is 6.07 Å². The van der Waals surface area contributed by atoms with E-state index in [0.717, 1.165) is 0 Å². The maximum Gasteiger partial charge on any atom is 0.357 e. The van der Waals surface area contributed by atoms with Gasteiger partial charge in [-0.1, -0.05) is 12.1 Å². The predicted octanol–water partition coefficient (Wildman–Crippen LogP) is 3.40. The van der Waals surface area contributed by atoms with Crippen molar-refractivity contribution in [1.82, 2.24) is 4.98 Å². The molecular formula is C17H15N3O4. The zero-order valence-electron chi connectivity index (χ0n) is 13.4. The molecular weight excluding hydrogens is 310 g/mol. The smallest absolute Gasteiger partial charge is 0.357 e. The van der Waals surface area contributed by atoms with Crippen LogP contribution in [0.25, 0.3) is 0 Å². The summed E-state index contributed by atoms with van der Waals surface area (Å²) in [4.78, 5) is 26.7. The van der Waals surface area contributed by atoms with Crippen molar-refractivity contribution in [3.63, 3.8) is 0 Å². The minimum Gasteiger partial charge on any atom is -0.453 e. The lowest BCUT2D eigenvalue weighted by Crippen LogP contribution is -2.12. The maximum absolute atomic E-state index is 12.2. The fourth-order valence-corrected chi connectivity index (χ4v) is 2.16. The van der Waals surface area contributed by atoms with Gasteiger partial charge in [0.25, 0.3) is 5.69 Å². The molecule has 1 aromatic carbocycles. The van der Waals surface area contributed by atoms with Crippen molar-refractivity contribution in [3.05, 3.63) is 68.5 Å². The monoisotopic (exact) mass is 325 g/mol. The number of carbonyl (C=O) groups excluding carboxylic acids is 1. The van der Waals surface area contributed by atoms with Gasteiger partial charge in [-0.3, -0.25) is 10.1 Å². The van der Waals surface area contributed by atoms with Crippen LogP contribution < -0.4 is 0 Å². The van der Waals surface area contributed by atoms with Crippen LogP contribution in [0, 0.1) is 35.3 Å². The van der Waals surface area contributed by atoms with Crippen LogP contribution in [0.4, 0.5) is 5.69 Å². The second kappa shape index (κ2) is 6.87. The van der Waals surface area contributed by atoms with Gasteiger partial charge in [0, 0.05) is 11.6 Å². The van der Waals surface area contributed by atoms with Crippen LogP contribution in [-0.2, 0) is 4.74 Å². The minimum atomic E-state index is -0.672. The SMILES string of the molecule is Cc1ccc(C(C)OC(=O)c2ccc(C#N)c(C)n2)cc1[N+](=O)[O-]. The molecule has 1 aromatic heterocycles. The lowest BCUT2D eigenvalue weighted by Gasteiger charge is -2.14. The molecule has 0 spiro atoms. The number of hydrogen-bond donors (Lipinski definition) is 0. The number of nitro groups is 1. The van der Waals surface area contributed by atoms with Gasteiger partial charge in [0.2, 0.25) is 0 Å². The number of nitro benzene ring substituents is 1. The summed E-state index contributed by atoms with van der Waals surface area (Å²) in [6.45, 7) is 4.90. The number of aromatic nitrogens is 1. The molecule has 1 atom stereocenters. The van der Waals surface area contributed by atoms with E-state index >= 15 is 0 Å². The number of nitrogens with zero attached hydrogens (tertiary/aromatic N) is 3. The number of hydrogen-bond acceptors (Lipinski definition) is 6. The number of nitriles is 1. The third-order valence-electron chi connectivity index (χ3n) is 3.60. The van der Waals surface area contributed by atoms with Crippen LogP contribution >= 0.6 is 0 Å². The van der Waals surface area contributed by atoms with Gasteiger partial charge < -0.3 is 4.74 Å². The molecule has 0 N–H and O–H groups in total. The van der Waals surface area contributed by atoms with Crippen molar-refractivity contribution >= 4 is 11.7 Å². The number of rotatable bonds is 4. The topological polar surface area (TPSA) is 106 Å². The van der Waals surface area contributed by atoms with Crippen LogP contribution in [0.3, 0.4) is 0 Å². The molecule has 0 radical (unpaired) electrons. The van der Waals surface area contributed by atoms with Crippen molar-refractivity contribution in [1.29, 1.82) is 5.26 Å². The molecule has 0 aliphatic heterocycles. The Hall–Kier alpha value is -3.27. The Labute approximate surface area is 138 Å². The first kappa shape index (κ1) is 17.1. The first-order chi connectivity index (χ1) is 11.3. The summed E-state index contributed by atoms with van der Waals surface area (Å²) in [5, 5.41) is 19.9. The second-order valence-electron chi connectivity index (χ2n) is 5.29. The number of ether oxygens (including phenoxy) is 1. The van der Waals surface area contributed by atoms with Crippen molar-refractivity contribution in [3.8, 4) is 6.07 Å².